The lowest BCUT2D eigenvalue weighted by Gasteiger charge is -2.21. The second-order valence-corrected chi connectivity index (χ2v) is 6.17. The molecule has 0 spiro atoms. The molecule has 1 aromatic rings. The fourth-order valence-electron chi connectivity index (χ4n) is 2.49. The highest BCUT2D eigenvalue weighted by atomic mass is 79.9. The molecule has 4 heteroatoms. The Hall–Kier alpha value is -0.0900. The Balaban J connectivity index is 2.08. The lowest BCUT2D eigenvalue weighted by Crippen LogP contribution is -2.27. The molecule has 1 fully saturated rings. The van der Waals surface area contributed by atoms with E-state index in [9.17, 15) is 0 Å². The zero-order valence-electron chi connectivity index (χ0n) is 10.00. The molecular formula is C13H18BrClN2. The van der Waals surface area contributed by atoms with Crippen LogP contribution in [0.2, 0.25) is 5.02 Å². The van der Waals surface area contributed by atoms with Crippen LogP contribution >= 0.6 is 27.5 Å². The smallest absolute Gasteiger partial charge is 0.0451 e. The molecule has 0 radical (unpaired) electrons. The predicted octanol–water partition coefficient (Wildman–Crippen LogP) is 3.27. The van der Waals surface area contributed by atoms with E-state index < -0.39 is 0 Å². The monoisotopic (exact) mass is 316 g/mol. The van der Waals surface area contributed by atoms with Gasteiger partial charge in [0.05, 0.1) is 0 Å². The number of nitrogens with zero attached hydrogens (tertiary/aromatic N) is 1. The summed E-state index contributed by atoms with van der Waals surface area (Å²) in [5, 5.41) is 0.844. The average molecular weight is 318 g/mol. The first kappa shape index (κ1) is 13.3. The Bertz CT molecular complexity index is 397. The summed E-state index contributed by atoms with van der Waals surface area (Å²) in [5.74, 6) is 0.635. The van der Waals surface area contributed by atoms with Crippen molar-refractivity contribution in [3.05, 3.63) is 33.3 Å². The summed E-state index contributed by atoms with van der Waals surface area (Å²) < 4.78 is 1.08. The largest absolute Gasteiger partial charge is 0.330 e. The van der Waals surface area contributed by atoms with Crippen LogP contribution in [-0.2, 0) is 6.54 Å². The van der Waals surface area contributed by atoms with Gasteiger partial charge in [0, 0.05) is 28.6 Å². The van der Waals surface area contributed by atoms with Gasteiger partial charge in [-0.1, -0.05) is 27.5 Å². The topological polar surface area (TPSA) is 29.3 Å². The molecule has 1 heterocycles. The minimum atomic E-state index is 0.596. The molecule has 0 aliphatic carbocycles. The molecule has 1 aliphatic heterocycles. The van der Waals surface area contributed by atoms with Gasteiger partial charge in [0.1, 0.15) is 0 Å². The first-order valence-corrected chi connectivity index (χ1v) is 7.15. The second kappa shape index (κ2) is 5.70. The van der Waals surface area contributed by atoms with Crippen molar-refractivity contribution >= 4 is 27.5 Å². The van der Waals surface area contributed by atoms with Crippen LogP contribution in [-0.4, -0.2) is 24.0 Å². The number of hydrogen-bond acceptors (Lipinski definition) is 2. The first-order chi connectivity index (χ1) is 8.10. The fourth-order valence-corrected chi connectivity index (χ4v) is 3.08. The molecule has 2 nitrogen and oxygen atoms in total. The van der Waals surface area contributed by atoms with Crippen molar-refractivity contribution in [1.29, 1.82) is 0 Å². The van der Waals surface area contributed by atoms with Crippen molar-refractivity contribution in [3.8, 4) is 0 Å². The van der Waals surface area contributed by atoms with Gasteiger partial charge in [-0.05, 0) is 49.6 Å². The van der Waals surface area contributed by atoms with Crippen molar-refractivity contribution < 1.29 is 0 Å². The van der Waals surface area contributed by atoms with E-state index in [0.29, 0.717) is 12.0 Å². The molecule has 0 saturated carbocycles. The van der Waals surface area contributed by atoms with Crippen molar-refractivity contribution in [2.75, 3.05) is 13.1 Å². The standard InChI is InChI=1S/C13H18BrClN2/c1-9-4-10(6-16)7-17(9)8-11-5-12(14)2-3-13(11)15/h2-3,5,9-10H,4,6-8,16H2,1H3. The van der Waals surface area contributed by atoms with E-state index in [1.807, 2.05) is 12.1 Å². The summed E-state index contributed by atoms with van der Waals surface area (Å²) in [5.41, 5.74) is 6.93. The van der Waals surface area contributed by atoms with Gasteiger partial charge in [-0.3, -0.25) is 4.90 Å². The third-order valence-electron chi connectivity index (χ3n) is 3.51. The molecule has 1 aliphatic rings. The highest BCUT2D eigenvalue weighted by molar-refractivity contribution is 9.10. The Labute approximate surface area is 116 Å². The fraction of sp³-hybridized carbons (Fsp3) is 0.538. The predicted molar refractivity (Wildman–Crippen MR) is 76.2 cm³/mol. The molecule has 2 N–H and O–H groups in total. The lowest BCUT2D eigenvalue weighted by molar-refractivity contribution is 0.256. The van der Waals surface area contributed by atoms with Crippen LogP contribution < -0.4 is 5.73 Å². The molecular weight excluding hydrogens is 300 g/mol. The van der Waals surface area contributed by atoms with Gasteiger partial charge in [0.25, 0.3) is 0 Å². The molecule has 17 heavy (non-hydrogen) atoms. The van der Waals surface area contributed by atoms with E-state index in [1.54, 1.807) is 0 Å². The van der Waals surface area contributed by atoms with Crippen LogP contribution in [0.25, 0.3) is 0 Å². The minimum absolute atomic E-state index is 0.596. The minimum Gasteiger partial charge on any atom is -0.330 e. The first-order valence-electron chi connectivity index (χ1n) is 5.98. The number of rotatable bonds is 3. The maximum Gasteiger partial charge on any atom is 0.0451 e. The zero-order chi connectivity index (χ0) is 12.4. The third kappa shape index (κ3) is 3.22. The summed E-state index contributed by atoms with van der Waals surface area (Å²) in [7, 11) is 0. The van der Waals surface area contributed by atoms with Gasteiger partial charge < -0.3 is 5.73 Å². The Morgan fingerprint density at radius 1 is 1.53 bits per heavy atom. The van der Waals surface area contributed by atoms with E-state index in [2.05, 4.69) is 33.8 Å². The lowest BCUT2D eigenvalue weighted by atomic mass is 10.1. The molecule has 1 saturated heterocycles. The van der Waals surface area contributed by atoms with Crippen LogP contribution in [0.4, 0.5) is 0 Å². The SMILES string of the molecule is CC1CC(CN)CN1Cc1cc(Br)ccc1Cl. The normalized spacial score (nSPS) is 25.4. The zero-order valence-corrected chi connectivity index (χ0v) is 12.3. The van der Waals surface area contributed by atoms with E-state index in [0.717, 1.165) is 29.1 Å². The summed E-state index contributed by atoms with van der Waals surface area (Å²) >= 11 is 9.71. The van der Waals surface area contributed by atoms with Gasteiger partial charge in [-0.2, -0.15) is 0 Å². The van der Waals surface area contributed by atoms with Crippen LogP contribution in [0.5, 0.6) is 0 Å². The van der Waals surface area contributed by atoms with E-state index in [4.69, 9.17) is 17.3 Å². The second-order valence-electron chi connectivity index (χ2n) is 4.85. The van der Waals surface area contributed by atoms with Gasteiger partial charge in [-0.25, -0.2) is 0 Å². The maximum atomic E-state index is 6.22. The van der Waals surface area contributed by atoms with E-state index in [-0.39, 0.29) is 0 Å². The van der Waals surface area contributed by atoms with Crippen molar-refractivity contribution in [3.63, 3.8) is 0 Å². The average Bonchev–Trinajstić information content (AvgIpc) is 2.65. The van der Waals surface area contributed by atoms with Gasteiger partial charge in [0.2, 0.25) is 0 Å². The molecule has 94 valence electrons. The molecule has 0 aromatic heterocycles. The summed E-state index contributed by atoms with van der Waals surface area (Å²) in [6, 6.07) is 6.62. The number of likely N-dealkylation sites (tertiary alicyclic amines) is 1. The van der Waals surface area contributed by atoms with Crippen molar-refractivity contribution in [1.82, 2.24) is 4.90 Å². The Morgan fingerprint density at radius 3 is 2.94 bits per heavy atom. The quantitative estimate of drug-likeness (QED) is 0.927. The van der Waals surface area contributed by atoms with Gasteiger partial charge >= 0.3 is 0 Å². The molecule has 2 rings (SSSR count). The summed E-state index contributed by atoms with van der Waals surface area (Å²) in [6.45, 7) is 5.05. The summed E-state index contributed by atoms with van der Waals surface area (Å²) in [4.78, 5) is 2.46. The van der Waals surface area contributed by atoms with E-state index in [1.165, 1.54) is 12.0 Å². The van der Waals surface area contributed by atoms with Crippen molar-refractivity contribution in [2.24, 2.45) is 11.7 Å². The van der Waals surface area contributed by atoms with Crippen LogP contribution in [0.1, 0.15) is 18.9 Å². The molecule has 2 atom stereocenters. The third-order valence-corrected chi connectivity index (χ3v) is 4.37. The van der Waals surface area contributed by atoms with Crippen LogP contribution in [0.15, 0.2) is 22.7 Å². The van der Waals surface area contributed by atoms with Gasteiger partial charge in [0.15, 0.2) is 0 Å². The van der Waals surface area contributed by atoms with Gasteiger partial charge in [-0.15, -0.1) is 0 Å². The molecule has 2 unspecified atom stereocenters. The van der Waals surface area contributed by atoms with Crippen LogP contribution in [0.3, 0.4) is 0 Å². The highest BCUT2D eigenvalue weighted by Crippen LogP contribution is 2.28. The number of halogens is 2. The molecule has 1 aromatic carbocycles. The van der Waals surface area contributed by atoms with E-state index >= 15 is 0 Å². The maximum absolute atomic E-state index is 6.22. The summed E-state index contributed by atoms with van der Waals surface area (Å²) in [6.07, 6.45) is 1.20. The van der Waals surface area contributed by atoms with Crippen LogP contribution in [0, 0.1) is 5.92 Å². The Kier molecular flexibility index (Phi) is 4.47. The van der Waals surface area contributed by atoms with Crippen molar-refractivity contribution in [2.45, 2.75) is 25.9 Å². The number of benzene rings is 1. The Morgan fingerprint density at radius 2 is 2.29 bits per heavy atom. The highest BCUT2D eigenvalue weighted by Gasteiger charge is 2.28. The molecule has 0 amide bonds. The molecule has 0 bridgehead atoms. The number of nitrogens with two attached hydrogens (primary N) is 1. The number of hydrogen-bond donors (Lipinski definition) is 1.